The van der Waals surface area contributed by atoms with Crippen molar-refractivity contribution in [1.29, 1.82) is 0 Å². The van der Waals surface area contributed by atoms with E-state index >= 15 is 0 Å². The van der Waals surface area contributed by atoms with Gasteiger partial charge in [-0.3, -0.25) is 9.48 Å². The minimum absolute atomic E-state index is 0.150. The monoisotopic (exact) mass is 259 g/mol. The summed E-state index contributed by atoms with van der Waals surface area (Å²) < 4.78 is 1.53. The van der Waals surface area contributed by atoms with Crippen LogP contribution in [-0.4, -0.2) is 26.8 Å². The van der Waals surface area contributed by atoms with Crippen LogP contribution in [0.15, 0.2) is 30.5 Å². The normalized spacial score (nSPS) is 10.4. The molecule has 1 aromatic carbocycles. The van der Waals surface area contributed by atoms with Gasteiger partial charge in [0.05, 0.1) is 18.4 Å². The molecule has 0 spiro atoms. The number of benzene rings is 1. The van der Waals surface area contributed by atoms with Gasteiger partial charge in [0.1, 0.15) is 5.56 Å². The van der Waals surface area contributed by atoms with Gasteiger partial charge >= 0.3 is 5.97 Å². The van der Waals surface area contributed by atoms with E-state index in [2.05, 4.69) is 5.10 Å². The molecule has 1 aromatic heterocycles. The Morgan fingerprint density at radius 3 is 2.58 bits per heavy atom. The zero-order chi connectivity index (χ0) is 14.0. The minimum atomic E-state index is -1.02. The van der Waals surface area contributed by atoms with E-state index in [-0.39, 0.29) is 5.56 Å². The second-order valence-corrected chi connectivity index (χ2v) is 4.13. The highest BCUT2D eigenvalue weighted by Gasteiger charge is 2.14. The van der Waals surface area contributed by atoms with Gasteiger partial charge < -0.3 is 10.8 Å². The topological polar surface area (TPSA) is 98.2 Å². The van der Waals surface area contributed by atoms with Crippen LogP contribution < -0.4 is 5.73 Å². The van der Waals surface area contributed by atoms with Gasteiger partial charge in [-0.15, -0.1) is 0 Å². The van der Waals surface area contributed by atoms with Crippen molar-refractivity contribution >= 4 is 11.9 Å². The number of carboxylic acid groups (broad SMARTS) is 1. The predicted octanol–water partition coefficient (Wildman–Crippen LogP) is 1.04. The third-order valence-electron chi connectivity index (χ3n) is 2.94. The molecule has 0 bridgehead atoms. The quantitative estimate of drug-likeness (QED) is 0.856. The lowest BCUT2D eigenvalue weighted by Gasteiger charge is -2.08. The summed E-state index contributed by atoms with van der Waals surface area (Å²) in [5.41, 5.74) is 7.10. The first-order valence-electron chi connectivity index (χ1n) is 5.64. The molecule has 2 aromatic rings. The van der Waals surface area contributed by atoms with Crippen molar-refractivity contribution in [2.45, 2.75) is 13.5 Å². The molecule has 0 unspecified atom stereocenters. The van der Waals surface area contributed by atoms with E-state index in [0.717, 1.165) is 0 Å². The van der Waals surface area contributed by atoms with Gasteiger partial charge in [0.15, 0.2) is 0 Å². The lowest BCUT2D eigenvalue weighted by Crippen LogP contribution is -2.16. The molecule has 2 rings (SSSR count). The number of hydrogen-bond acceptors (Lipinski definition) is 3. The smallest absolute Gasteiger partial charge is 0.339 e. The van der Waals surface area contributed by atoms with Gasteiger partial charge in [-0.2, -0.15) is 5.10 Å². The predicted molar refractivity (Wildman–Crippen MR) is 68.0 cm³/mol. The fourth-order valence-electron chi connectivity index (χ4n) is 1.88. The number of carbonyl (C=O) groups excluding carboxylic acids is 1. The van der Waals surface area contributed by atoms with Crippen LogP contribution in [0.4, 0.5) is 0 Å². The molecule has 3 N–H and O–H groups in total. The second-order valence-electron chi connectivity index (χ2n) is 4.13. The van der Waals surface area contributed by atoms with Crippen LogP contribution in [0.2, 0.25) is 0 Å². The largest absolute Gasteiger partial charge is 0.478 e. The van der Waals surface area contributed by atoms with E-state index < -0.39 is 11.9 Å². The van der Waals surface area contributed by atoms with E-state index in [1.165, 1.54) is 10.9 Å². The van der Waals surface area contributed by atoms with Gasteiger partial charge in [0, 0.05) is 5.56 Å². The highest BCUT2D eigenvalue weighted by atomic mass is 16.4. The van der Waals surface area contributed by atoms with Gasteiger partial charge in [-0.05, 0) is 18.6 Å². The maximum Gasteiger partial charge on any atom is 0.339 e. The molecule has 0 aliphatic carbocycles. The molecule has 19 heavy (non-hydrogen) atoms. The number of amides is 1. The van der Waals surface area contributed by atoms with Gasteiger partial charge in [0.25, 0.3) is 0 Å². The van der Waals surface area contributed by atoms with Crippen molar-refractivity contribution in [3.05, 3.63) is 52.8 Å². The van der Waals surface area contributed by atoms with Crippen molar-refractivity contribution in [3.8, 4) is 0 Å². The van der Waals surface area contributed by atoms with Gasteiger partial charge in [-0.25, -0.2) is 4.79 Å². The zero-order valence-corrected chi connectivity index (χ0v) is 10.3. The van der Waals surface area contributed by atoms with Crippen molar-refractivity contribution in [2.24, 2.45) is 5.73 Å². The molecule has 6 heteroatoms. The summed E-state index contributed by atoms with van der Waals surface area (Å²) in [7, 11) is 0. The van der Waals surface area contributed by atoms with Crippen molar-refractivity contribution in [1.82, 2.24) is 9.78 Å². The fourth-order valence-corrected chi connectivity index (χ4v) is 1.88. The average Bonchev–Trinajstić information content (AvgIpc) is 2.71. The number of nitrogens with two attached hydrogens (primary N) is 1. The summed E-state index contributed by atoms with van der Waals surface area (Å²) in [5, 5.41) is 13.0. The Labute approximate surface area is 109 Å². The maximum absolute atomic E-state index is 11.3. The van der Waals surface area contributed by atoms with Gasteiger partial charge in [-0.1, -0.05) is 18.2 Å². The highest BCUT2D eigenvalue weighted by molar-refractivity contribution is 5.94. The number of carboxylic acids is 1. The molecule has 0 fully saturated rings. The second kappa shape index (κ2) is 4.93. The van der Waals surface area contributed by atoms with Crippen molar-refractivity contribution in [2.75, 3.05) is 0 Å². The molecule has 98 valence electrons. The van der Waals surface area contributed by atoms with Crippen LogP contribution in [0.3, 0.4) is 0 Å². The van der Waals surface area contributed by atoms with E-state index in [1.807, 2.05) is 0 Å². The summed E-state index contributed by atoms with van der Waals surface area (Å²) in [6, 6.07) is 6.91. The van der Waals surface area contributed by atoms with Crippen LogP contribution in [0, 0.1) is 6.92 Å². The lowest BCUT2D eigenvalue weighted by molar-refractivity contribution is 0.0695. The summed E-state index contributed by atoms with van der Waals surface area (Å²) in [6.45, 7) is 1.97. The molecule has 0 atom stereocenters. The average molecular weight is 259 g/mol. The number of hydrogen-bond donors (Lipinski definition) is 2. The minimum Gasteiger partial charge on any atom is -0.478 e. The molecule has 0 aliphatic heterocycles. The zero-order valence-electron chi connectivity index (χ0n) is 10.3. The Morgan fingerprint density at radius 2 is 2.00 bits per heavy atom. The lowest BCUT2D eigenvalue weighted by atomic mass is 10.1. The van der Waals surface area contributed by atoms with Crippen LogP contribution in [0.5, 0.6) is 0 Å². The Hall–Kier alpha value is -2.63. The number of rotatable bonds is 4. The van der Waals surface area contributed by atoms with Gasteiger partial charge in [0.2, 0.25) is 5.91 Å². The first-order chi connectivity index (χ1) is 9.00. The number of aromatic carboxylic acids is 1. The van der Waals surface area contributed by atoms with E-state index in [9.17, 15) is 9.59 Å². The number of primary amides is 1. The number of carbonyl (C=O) groups is 2. The molecule has 1 amide bonds. The molecular weight excluding hydrogens is 246 g/mol. The first kappa shape index (κ1) is 12.8. The third-order valence-corrected chi connectivity index (χ3v) is 2.94. The van der Waals surface area contributed by atoms with Crippen LogP contribution >= 0.6 is 0 Å². The summed E-state index contributed by atoms with van der Waals surface area (Å²) in [4.78, 5) is 22.2. The molecule has 6 nitrogen and oxygen atoms in total. The van der Waals surface area contributed by atoms with Crippen LogP contribution in [-0.2, 0) is 6.54 Å². The van der Waals surface area contributed by atoms with E-state index in [0.29, 0.717) is 23.4 Å². The Morgan fingerprint density at radius 1 is 1.32 bits per heavy atom. The third kappa shape index (κ3) is 2.47. The number of nitrogens with zero attached hydrogens (tertiary/aromatic N) is 2. The fraction of sp³-hybridized carbons (Fsp3) is 0.154. The molecule has 0 radical (unpaired) electrons. The van der Waals surface area contributed by atoms with E-state index in [4.69, 9.17) is 10.8 Å². The number of aromatic nitrogens is 2. The van der Waals surface area contributed by atoms with Crippen LogP contribution in [0.25, 0.3) is 0 Å². The maximum atomic E-state index is 11.3. The molecule has 1 heterocycles. The Balaban J connectivity index is 2.37. The summed E-state index contributed by atoms with van der Waals surface area (Å²) in [6.07, 6.45) is 1.30. The van der Waals surface area contributed by atoms with Crippen molar-refractivity contribution < 1.29 is 14.7 Å². The van der Waals surface area contributed by atoms with Crippen molar-refractivity contribution in [3.63, 3.8) is 0 Å². The molecule has 0 saturated carbocycles. The Kier molecular flexibility index (Phi) is 3.33. The molecule has 0 saturated heterocycles. The summed E-state index contributed by atoms with van der Waals surface area (Å²) >= 11 is 0. The standard InChI is InChI=1S/C13H13N3O3/c1-8-11(13(18)19)6-15-16(8)7-9-4-2-3-5-10(9)12(14)17/h2-6H,7H2,1H3,(H2,14,17)(H,18,19). The Bertz CT molecular complexity index is 646. The first-order valence-corrected chi connectivity index (χ1v) is 5.64. The SMILES string of the molecule is Cc1c(C(=O)O)cnn1Cc1ccccc1C(N)=O. The molecular formula is C13H13N3O3. The van der Waals surface area contributed by atoms with E-state index in [1.54, 1.807) is 31.2 Å². The summed E-state index contributed by atoms with van der Waals surface area (Å²) in [5.74, 6) is -1.54. The van der Waals surface area contributed by atoms with Crippen LogP contribution in [0.1, 0.15) is 32.0 Å². The highest BCUT2D eigenvalue weighted by Crippen LogP contribution is 2.13. The molecule has 0 aliphatic rings.